The fourth-order valence-electron chi connectivity index (χ4n) is 2.25. The number of hydrogen-bond donors (Lipinski definition) is 0. The molecule has 0 amide bonds. The van der Waals surface area contributed by atoms with Gasteiger partial charge in [-0.25, -0.2) is 4.68 Å². The monoisotopic (exact) mass is 399 g/mol. The van der Waals surface area contributed by atoms with Gasteiger partial charge in [0.2, 0.25) is 4.80 Å². The summed E-state index contributed by atoms with van der Waals surface area (Å²) < 4.78 is 2.98. The highest BCUT2D eigenvalue weighted by atomic mass is 79.9. The van der Waals surface area contributed by atoms with E-state index in [4.69, 9.17) is 0 Å². The Labute approximate surface area is 154 Å². The molecule has 24 heavy (non-hydrogen) atoms. The van der Waals surface area contributed by atoms with Crippen LogP contribution in [0.3, 0.4) is 0 Å². The van der Waals surface area contributed by atoms with Crippen LogP contribution in [0, 0.1) is 6.92 Å². The minimum atomic E-state index is 0.736. The van der Waals surface area contributed by atoms with Gasteiger partial charge in [0.1, 0.15) is 0 Å². The third kappa shape index (κ3) is 3.91. The van der Waals surface area contributed by atoms with Crippen LogP contribution >= 0.6 is 27.3 Å². The van der Waals surface area contributed by atoms with Gasteiger partial charge in [-0.1, -0.05) is 57.9 Å². The van der Waals surface area contributed by atoms with Gasteiger partial charge < -0.3 is 0 Å². The maximum atomic E-state index is 4.68. The van der Waals surface area contributed by atoms with Crippen LogP contribution in [-0.4, -0.2) is 17.4 Å². The number of nitrogens with zero attached hydrogens (tertiary/aromatic N) is 3. The van der Waals surface area contributed by atoms with E-state index in [0.717, 1.165) is 32.6 Å². The maximum Gasteiger partial charge on any atom is 0.206 e. The minimum Gasteiger partial charge on any atom is -0.258 e. The molecule has 0 atom stereocenters. The van der Waals surface area contributed by atoms with Crippen LogP contribution in [0.5, 0.6) is 0 Å². The Morgan fingerprint density at radius 3 is 2.46 bits per heavy atom. The van der Waals surface area contributed by atoms with E-state index in [1.165, 1.54) is 5.56 Å². The molecule has 3 aromatic rings. The molecule has 0 fully saturated rings. The highest BCUT2D eigenvalue weighted by Gasteiger charge is 2.07. The van der Waals surface area contributed by atoms with Crippen LogP contribution in [0.4, 0.5) is 0 Å². The van der Waals surface area contributed by atoms with E-state index in [1.807, 2.05) is 29.9 Å². The Balaban J connectivity index is 2.04. The van der Waals surface area contributed by atoms with Crippen LogP contribution < -0.4 is 4.80 Å². The predicted octanol–water partition coefficient (Wildman–Crippen LogP) is 5.09. The first kappa shape index (κ1) is 16.9. The Kier molecular flexibility index (Phi) is 5.43. The zero-order chi connectivity index (χ0) is 16.9. The third-order valence-corrected chi connectivity index (χ3v) is 4.90. The lowest BCUT2D eigenvalue weighted by molar-refractivity contribution is 0.833. The number of thiazole rings is 1. The van der Waals surface area contributed by atoms with Gasteiger partial charge in [0.05, 0.1) is 11.9 Å². The van der Waals surface area contributed by atoms with Crippen LogP contribution in [0.1, 0.15) is 18.1 Å². The molecule has 0 unspecified atom stereocenters. The average molecular weight is 400 g/mol. The van der Waals surface area contributed by atoms with E-state index >= 15 is 0 Å². The molecule has 1 heterocycles. The highest BCUT2D eigenvalue weighted by molar-refractivity contribution is 9.10. The summed E-state index contributed by atoms with van der Waals surface area (Å²) in [7, 11) is 0. The lowest BCUT2D eigenvalue weighted by atomic mass is 10.2. The van der Waals surface area contributed by atoms with Crippen molar-refractivity contribution in [3.63, 3.8) is 0 Å². The predicted molar refractivity (Wildman–Crippen MR) is 106 cm³/mol. The van der Waals surface area contributed by atoms with Crippen LogP contribution in [-0.2, 0) is 0 Å². The summed E-state index contributed by atoms with van der Waals surface area (Å²) in [6.07, 6.45) is 1.88. The summed E-state index contributed by atoms with van der Waals surface area (Å²) in [4.78, 5) is 5.46. The van der Waals surface area contributed by atoms with E-state index in [2.05, 4.69) is 74.7 Å². The number of hydrogen-bond acceptors (Lipinski definition) is 3. The van der Waals surface area contributed by atoms with E-state index in [9.17, 15) is 0 Å². The van der Waals surface area contributed by atoms with Crippen LogP contribution in [0.25, 0.3) is 11.3 Å². The molecule has 0 radical (unpaired) electrons. The molecule has 0 bridgehead atoms. The molecule has 1 aromatic heterocycles. The summed E-state index contributed by atoms with van der Waals surface area (Å²) in [6, 6.07) is 16.6. The van der Waals surface area contributed by atoms with Gasteiger partial charge in [0, 0.05) is 22.0 Å². The molecular formula is C19H18BrN3S. The van der Waals surface area contributed by atoms with Crippen molar-refractivity contribution in [2.24, 2.45) is 10.1 Å². The van der Waals surface area contributed by atoms with Gasteiger partial charge in [-0.3, -0.25) is 4.99 Å². The number of rotatable bonds is 4. The summed E-state index contributed by atoms with van der Waals surface area (Å²) in [6.45, 7) is 4.85. The third-order valence-electron chi connectivity index (χ3n) is 3.52. The van der Waals surface area contributed by atoms with Crippen LogP contribution in [0.15, 0.2) is 68.5 Å². The number of aromatic nitrogens is 1. The van der Waals surface area contributed by atoms with Gasteiger partial charge in [0.15, 0.2) is 0 Å². The Morgan fingerprint density at radius 1 is 1.08 bits per heavy atom. The number of aryl methyl sites for hydroxylation is 1. The molecule has 0 spiro atoms. The summed E-state index contributed by atoms with van der Waals surface area (Å²) >= 11 is 5.09. The summed E-state index contributed by atoms with van der Waals surface area (Å²) in [5, 5.41) is 6.78. The second kappa shape index (κ2) is 7.73. The maximum absolute atomic E-state index is 4.68. The van der Waals surface area contributed by atoms with Crippen molar-refractivity contribution in [2.45, 2.75) is 13.8 Å². The Hall–Kier alpha value is -1.98. The lowest BCUT2D eigenvalue weighted by Crippen LogP contribution is -2.12. The van der Waals surface area contributed by atoms with Crippen molar-refractivity contribution < 1.29 is 0 Å². The molecule has 122 valence electrons. The molecule has 0 saturated heterocycles. The second-order valence-electron chi connectivity index (χ2n) is 5.35. The molecule has 3 nitrogen and oxygen atoms in total. The largest absolute Gasteiger partial charge is 0.258 e. The fourth-order valence-corrected chi connectivity index (χ4v) is 3.42. The van der Waals surface area contributed by atoms with Crippen molar-refractivity contribution in [2.75, 3.05) is 6.54 Å². The van der Waals surface area contributed by atoms with E-state index < -0.39 is 0 Å². The quantitative estimate of drug-likeness (QED) is 0.546. The topological polar surface area (TPSA) is 29.6 Å². The molecule has 3 rings (SSSR count). The van der Waals surface area contributed by atoms with Crippen molar-refractivity contribution in [3.05, 3.63) is 74.3 Å². The molecule has 0 aliphatic rings. The first-order valence-electron chi connectivity index (χ1n) is 7.75. The van der Waals surface area contributed by atoms with Crippen molar-refractivity contribution in [1.29, 1.82) is 0 Å². The molecule has 5 heteroatoms. The first-order valence-corrected chi connectivity index (χ1v) is 9.42. The zero-order valence-corrected chi connectivity index (χ0v) is 16.0. The molecule has 0 aliphatic heterocycles. The van der Waals surface area contributed by atoms with Gasteiger partial charge >= 0.3 is 0 Å². The molecule has 0 N–H and O–H groups in total. The first-order chi connectivity index (χ1) is 11.7. The normalized spacial score (nSPS) is 12.2. The summed E-state index contributed by atoms with van der Waals surface area (Å²) in [5.74, 6) is 0. The van der Waals surface area contributed by atoms with Gasteiger partial charge in [0.25, 0.3) is 0 Å². The minimum absolute atomic E-state index is 0.736. The second-order valence-corrected chi connectivity index (χ2v) is 7.10. The Morgan fingerprint density at radius 2 is 1.79 bits per heavy atom. The fraction of sp³-hybridized carbons (Fsp3) is 0.158. The molecule has 0 aliphatic carbocycles. The van der Waals surface area contributed by atoms with Crippen molar-refractivity contribution in [3.8, 4) is 11.3 Å². The van der Waals surface area contributed by atoms with E-state index in [0.29, 0.717) is 0 Å². The molecule has 2 aromatic carbocycles. The number of halogens is 1. The van der Waals surface area contributed by atoms with Gasteiger partial charge in [-0.2, -0.15) is 5.10 Å². The van der Waals surface area contributed by atoms with Gasteiger partial charge in [-0.15, -0.1) is 11.3 Å². The zero-order valence-electron chi connectivity index (χ0n) is 13.6. The highest BCUT2D eigenvalue weighted by Crippen LogP contribution is 2.22. The molecular weight excluding hydrogens is 382 g/mol. The smallest absolute Gasteiger partial charge is 0.206 e. The van der Waals surface area contributed by atoms with Crippen molar-refractivity contribution in [1.82, 2.24) is 4.68 Å². The number of benzene rings is 2. The van der Waals surface area contributed by atoms with Crippen molar-refractivity contribution >= 4 is 33.5 Å². The van der Waals surface area contributed by atoms with Crippen LogP contribution in [0.2, 0.25) is 0 Å². The van der Waals surface area contributed by atoms with E-state index in [-0.39, 0.29) is 0 Å². The average Bonchev–Trinajstić information content (AvgIpc) is 2.98. The lowest BCUT2D eigenvalue weighted by Gasteiger charge is -2.04. The van der Waals surface area contributed by atoms with E-state index in [1.54, 1.807) is 11.3 Å². The standard InChI is InChI=1S/C19H18BrN3S/c1-3-21-19-23(22-12-15-6-4-14(2)5-7-15)18(13-24-19)16-8-10-17(20)11-9-16/h4-13H,3H2,1-2H3. The van der Waals surface area contributed by atoms with Gasteiger partial charge in [-0.05, 0) is 31.5 Å². The molecule has 0 saturated carbocycles. The Bertz CT molecular complexity index is 903. The summed E-state index contributed by atoms with van der Waals surface area (Å²) in [5.41, 5.74) is 4.48. The SMILES string of the molecule is CCN=c1scc(-c2ccc(Br)cc2)n1N=Cc1ccc(C)cc1.